The highest BCUT2D eigenvalue weighted by molar-refractivity contribution is 7.32. The molecule has 0 radical (unpaired) electrons. The predicted octanol–water partition coefficient (Wildman–Crippen LogP) is 5.42. The first kappa shape index (κ1) is 37.3. The van der Waals surface area contributed by atoms with E-state index in [2.05, 4.69) is 31.4 Å². The van der Waals surface area contributed by atoms with Crippen LogP contribution < -0.4 is 26.0 Å². The Morgan fingerprint density at radius 2 is 1.88 bits per heavy atom. The van der Waals surface area contributed by atoms with Gasteiger partial charge in [0, 0.05) is 42.1 Å². The molecular weight excluding hydrogens is 673 g/mol. The van der Waals surface area contributed by atoms with Gasteiger partial charge in [0.05, 0.1) is 35.8 Å². The van der Waals surface area contributed by atoms with E-state index in [1.165, 1.54) is 49.4 Å². The SMILES string of the molecule is CCC1(CC)N=C(Nc2ccc(CO[P+](=O)O)cc2OC)NC(Nc2cc(F)c(-c3cnn(CCCO)c3)cc2C(=O)NC)=C1C(F)(F)F. The summed E-state index contributed by atoms with van der Waals surface area (Å²) in [6, 6.07) is 6.78. The van der Waals surface area contributed by atoms with Gasteiger partial charge in [0.25, 0.3) is 5.91 Å². The molecule has 18 heteroatoms. The van der Waals surface area contributed by atoms with Crippen LogP contribution in [0.2, 0.25) is 0 Å². The van der Waals surface area contributed by atoms with Gasteiger partial charge in [-0.2, -0.15) is 18.3 Å². The highest BCUT2D eigenvalue weighted by Gasteiger charge is 2.51. The van der Waals surface area contributed by atoms with Crippen molar-refractivity contribution in [3.8, 4) is 16.9 Å². The summed E-state index contributed by atoms with van der Waals surface area (Å²) in [4.78, 5) is 26.5. The maximum absolute atomic E-state index is 15.7. The van der Waals surface area contributed by atoms with Crippen molar-refractivity contribution in [3.05, 3.63) is 71.1 Å². The Kier molecular flexibility index (Phi) is 12.0. The minimum Gasteiger partial charge on any atom is -0.495 e. The van der Waals surface area contributed by atoms with Gasteiger partial charge < -0.3 is 31.1 Å². The summed E-state index contributed by atoms with van der Waals surface area (Å²) in [6.07, 6.45) is -1.71. The normalized spacial score (nSPS) is 14.6. The van der Waals surface area contributed by atoms with Crippen molar-refractivity contribution in [2.24, 2.45) is 4.99 Å². The number of amides is 1. The first-order chi connectivity index (χ1) is 23.3. The molecule has 0 aliphatic carbocycles. The van der Waals surface area contributed by atoms with Crippen LogP contribution in [-0.4, -0.2) is 64.1 Å². The van der Waals surface area contributed by atoms with Crippen LogP contribution in [0.4, 0.5) is 28.9 Å². The highest BCUT2D eigenvalue weighted by atomic mass is 31.1. The molecule has 1 aliphatic rings. The number of aliphatic hydroxyl groups is 1. The Balaban J connectivity index is 1.78. The fourth-order valence-corrected chi connectivity index (χ4v) is 5.69. The fourth-order valence-electron chi connectivity index (χ4n) is 5.43. The molecule has 2 heterocycles. The average molecular weight is 711 g/mol. The van der Waals surface area contributed by atoms with Crippen LogP contribution in [-0.2, 0) is 22.2 Å². The van der Waals surface area contributed by atoms with Gasteiger partial charge in [-0.25, -0.2) is 9.38 Å². The van der Waals surface area contributed by atoms with Crippen LogP contribution in [0.5, 0.6) is 5.75 Å². The lowest BCUT2D eigenvalue weighted by Gasteiger charge is -2.38. The standard InChI is InChI=1S/C31H36F4N7O6P/c1-5-30(6-2)26(31(33,34)35)27(40-29(41-30)39-23-9-8-18(12-25(23)47-4)17-48-49(45)46)38-24-14-22(32)20(13-21(24)28(44)36-3)19-15-37-42(16-19)10-7-11-43/h8-9,12-16,43H,5-7,10-11,17H2,1-4H3,(H4-,36,38,39,40,41,44,45,46)/p+1. The lowest BCUT2D eigenvalue weighted by Crippen LogP contribution is -2.49. The molecule has 13 nitrogen and oxygen atoms in total. The van der Waals surface area contributed by atoms with Gasteiger partial charge >= 0.3 is 14.4 Å². The summed E-state index contributed by atoms with van der Waals surface area (Å²) in [5.74, 6) is -1.96. The number of hydrogen-bond donors (Lipinski definition) is 6. The number of carbonyl (C=O) groups is 1. The number of nitrogens with one attached hydrogen (secondary N) is 4. The highest BCUT2D eigenvalue weighted by Crippen LogP contribution is 2.44. The van der Waals surface area contributed by atoms with Crippen molar-refractivity contribution < 1.29 is 46.2 Å². The number of methoxy groups -OCH3 is 1. The van der Waals surface area contributed by atoms with Crippen molar-refractivity contribution in [1.29, 1.82) is 0 Å². The maximum atomic E-state index is 15.7. The molecule has 264 valence electrons. The van der Waals surface area contributed by atoms with E-state index in [9.17, 15) is 22.5 Å². The van der Waals surface area contributed by atoms with Crippen molar-refractivity contribution in [2.45, 2.75) is 58.0 Å². The first-order valence-corrected chi connectivity index (χ1v) is 16.3. The zero-order chi connectivity index (χ0) is 35.9. The molecule has 1 unspecified atom stereocenters. The van der Waals surface area contributed by atoms with E-state index in [0.717, 1.165) is 6.07 Å². The van der Waals surface area contributed by atoms with Gasteiger partial charge in [0.2, 0.25) is 5.96 Å². The number of rotatable bonds is 14. The average Bonchev–Trinajstić information content (AvgIpc) is 3.54. The summed E-state index contributed by atoms with van der Waals surface area (Å²) in [5.41, 5.74) is -2.13. The van der Waals surface area contributed by atoms with Crippen molar-refractivity contribution in [1.82, 2.24) is 20.4 Å². The number of carbonyl (C=O) groups excluding carboxylic acids is 1. The molecular formula is C31H37F4N7O6P+. The van der Waals surface area contributed by atoms with Crippen LogP contribution in [0.3, 0.4) is 0 Å². The van der Waals surface area contributed by atoms with Gasteiger partial charge in [-0.3, -0.25) is 9.48 Å². The number of aliphatic hydroxyl groups excluding tert-OH is 1. The van der Waals surface area contributed by atoms with Gasteiger partial charge in [0.15, 0.2) is 0 Å². The summed E-state index contributed by atoms with van der Waals surface area (Å²) >= 11 is 0. The Bertz CT molecular complexity index is 1760. The Morgan fingerprint density at radius 3 is 2.49 bits per heavy atom. The number of benzene rings is 2. The minimum atomic E-state index is -4.90. The molecule has 0 spiro atoms. The van der Waals surface area contributed by atoms with Crippen LogP contribution in [0.1, 0.15) is 49.0 Å². The van der Waals surface area contributed by atoms with Crippen molar-refractivity contribution in [2.75, 3.05) is 31.4 Å². The van der Waals surface area contributed by atoms with E-state index in [1.54, 1.807) is 19.9 Å². The monoisotopic (exact) mass is 710 g/mol. The second-order valence-corrected chi connectivity index (χ2v) is 11.6. The molecule has 1 atom stereocenters. The molecule has 3 aromatic rings. The molecule has 1 amide bonds. The Hall–Kier alpha value is -4.57. The smallest absolute Gasteiger partial charge is 0.495 e. The molecule has 6 N–H and O–H groups in total. The molecule has 0 saturated carbocycles. The van der Waals surface area contributed by atoms with Crippen LogP contribution >= 0.6 is 8.25 Å². The molecule has 49 heavy (non-hydrogen) atoms. The predicted molar refractivity (Wildman–Crippen MR) is 175 cm³/mol. The van der Waals surface area contributed by atoms with Gasteiger partial charge in [-0.1, -0.05) is 19.9 Å². The quantitative estimate of drug-likeness (QED) is 0.0938. The topological polar surface area (TPSA) is 171 Å². The fraction of sp³-hybridized carbons (Fsp3) is 0.387. The molecule has 1 aromatic heterocycles. The third-order valence-corrected chi connectivity index (χ3v) is 8.28. The van der Waals surface area contributed by atoms with E-state index in [-0.39, 0.29) is 54.6 Å². The first-order valence-electron chi connectivity index (χ1n) is 15.2. The number of nitrogens with zero attached hydrogens (tertiary/aromatic N) is 3. The van der Waals surface area contributed by atoms with Gasteiger partial charge in [-0.05, 0) is 49.1 Å². The third-order valence-electron chi connectivity index (χ3n) is 7.93. The largest absolute Gasteiger partial charge is 0.695 e. The van der Waals surface area contributed by atoms with E-state index < -0.39 is 43.1 Å². The zero-order valence-electron chi connectivity index (χ0n) is 27.1. The Morgan fingerprint density at radius 1 is 1.14 bits per heavy atom. The lowest BCUT2D eigenvalue weighted by molar-refractivity contribution is -0.103. The molecule has 0 saturated heterocycles. The number of hydrogen-bond acceptors (Lipinski definition) is 10. The number of aryl methyl sites for hydroxylation is 1. The second-order valence-electron chi connectivity index (χ2n) is 10.9. The molecule has 4 rings (SSSR count). The maximum Gasteiger partial charge on any atom is 0.695 e. The number of aromatic nitrogens is 2. The number of anilines is 2. The van der Waals surface area contributed by atoms with Crippen LogP contribution in [0, 0.1) is 5.82 Å². The zero-order valence-corrected chi connectivity index (χ0v) is 28.0. The second kappa shape index (κ2) is 15.8. The lowest BCUT2D eigenvalue weighted by atomic mass is 9.83. The molecule has 1 aliphatic heterocycles. The number of guanidine groups is 1. The van der Waals surface area contributed by atoms with E-state index in [4.69, 9.17) is 19.3 Å². The molecule has 0 fully saturated rings. The van der Waals surface area contributed by atoms with Gasteiger partial charge in [-0.15, -0.1) is 9.42 Å². The third kappa shape index (κ3) is 8.54. The number of alkyl halides is 3. The number of ether oxygens (including phenoxy) is 1. The van der Waals surface area contributed by atoms with E-state index in [1.807, 2.05) is 0 Å². The number of aliphatic imine (C=N–C) groups is 1. The van der Waals surface area contributed by atoms with Crippen LogP contribution in [0.15, 0.2) is 59.1 Å². The van der Waals surface area contributed by atoms with E-state index in [0.29, 0.717) is 29.8 Å². The summed E-state index contributed by atoms with van der Waals surface area (Å²) in [5, 5.41) is 24.0. The summed E-state index contributed by atoms with van der Waals surface area (Å²) in [6.45, 7) is 3.22. The summed E-state index contributed by atoms with van der Waals surface area (Å²) < 4.78 is 83.1. The van der Waals surface area contributed by atoms with Gasteiger partial charge in [0.1, 0.15) is 29.6 Å². The molecule has 0 bridgehead atoms. The molecule has 2 aromatic carbocycles. The van der Waals surface area contributed by atoms with Crippen molar-refractivity contribution >= 4 is 31.5 Å². The minimum absolute atomic E-state index is 0.00629. The van der Waals surface area contributed by atoms with Crippen LogP contribution in [0.25, 0.3) is 11.1 Å². The summed E-state index contributed by atoms with van der Waals surface area (Å²) in [7, 11) is -0.138. The Labute approximate surface area is 280 Å². The number of halogens is 4. The van der Waals surface area contributed by atoms with E-state index >= 15 is 4.39 Å². The van der Waals surface area contributed by atoms with Crippen molar-refractivity contribution in [3.63, 3.8) is 0 Å².